The molecule has 0 saturated heterocycles. The van der Waals surface area contributed by atoms with Crippen molar-refractivity contribution in [2.45, 2.75) is 13.1 Å². The minimum atomic E-state index is 0. The predicted molar refractivity (Wildman–Crippen MR) is 63.8 cm³/mol. The average molecular weight is 282 g/mol. The predicted octanol–water partition coefficient (Wildman–Crippen LogP) is 3.82. The van der Waals surface area contributed by atoms with Crippen molar-refractivity contribution < 1.29 is 26.2 Å². The molecule has 0 aliphatic heterocycles. The Labute approximate surface area is 105 Å². The Balaban J connectivity index is -0.000000151. The van der Waals surface area contributed by atoms with Crippen LogP contribution in [0.4, 0.5) is 0 Å². The molecule has 0 N–H and O–H groups in total. The first-order chi connectivity index (χ1) is 6.73. The summed E-state index contributed by atoms with van der Waals surface area (Å²) >= 11 is 1.74. The van der Waals surface area contributed by atoms with Crippen molar-refractivity contribution in [2.24, 2.45) is 0 Å². The molecule has 0 aromatic heterocycles. The van der Waals surface area contributed by atoms with Gasteiger partial charge in [0.15, 0.2) is 0 Å². The molecule has 0 nitrogen and oxygen atoms in total. The van der Waals surface area contributed by atoms with E-state index in [1.54, 1.807) is 23.3 Å². The summed E-state index contributed by atoms with van der Waals surface area (Å²) in [5.74, 6) is 0. The van der Waals surface area contributed by atoms with Crippen molar-refractivity contribution in [1.29, 1.82) is 0 Å². The molecule has 0 heterocycles. The van der Waals surface area contributed by atoms with Gasteiger partial charge in [-0.1, -0.05) is 0 Å². The first-order valence-electron chi connectivity index (χ1n) is 4.58. The van der Waals surface area contributed by atoms with Gasteiger partial charge in [-0.2, -0.15) is 36.4 Å². The van der Waals surface area contributed by atoms with E-state index >= 15 is 0 Å². The number of hydrogen-bond donors (Lipinski definition) is 0. The quantitative estimate of drug-likeness (QED) is 0.509. The van der Waals surface area contributed by atoms with Gasteiger partial charge in [0, 0.05) is 0 Å². The summed E-state index contributed by atoms with van der Waals surface area (Å²) in [5.41, 5.74) is 0.210. The second-order valence-corrected chi connectivity index (χ2v) is 12.3. The largest absolute Gasteiger partial charge is 1.00 e. The van der Waals surface area contributed by atoms with Crippen molar-refractivity contribution >= 4 is 5.43 Å². The minimum absolute atomic E-state index is 0. The maximum absolute atomic E-state index is 2.31. The van der Waals surface area contributed by atoms with Crippen LogP contribution in [0.1, 0.15) is 2.85 Å². The van der Waals surface area contributed by atoms with Gasteiger partial charge in [0.2, 0.25) is 0 Å². The van der Waals surface area contributed by atoms with Crippen LogP contribution in [-0.4, -0.2) is 5.43 Å². The van der Waals surface area contributed by atoms with Crippen LogP contribution in [-0.2, 0) is 23.3 Å². The van der Waals surface area contributed by atoms with Crippen LogP contribution in [0.5, 0.6) is 0 Å². The Bertz CT molecular complexity index is 226. The summed E-state index contributed by atoms with van der Waals surface area (Å²) in [6.45, 7) is 4.62. The Kier molecular flexibility index (Phi) is 10.7. The van der Waals surface area contributed by atoms with Crippen LogP contribution < -0.4 is 0 Å². The summed E-state index contributed by atoms with van der Waals surface area (Å²) in [6, 6.07) is 20.0. The van der Waals surface area contributed by atoms with Gasteiger partial charge in [-0.05, 0) is 0 Å². The van der Waals surface area contributed by atoms with Crippen LogP contribution >= 0.6 is 0 Å². The van der Waals surface area contributed by atoms with Gasteiger partial charge < -0.3 is 2.85 Å². The maximum atomic E-state index is 2.31. The SMILES string of the molecule is C[Si](C)=[Zr+2].[H-].[H-].c1cc[cH-]c1.c1cc[cH-]c1. The monoisotopic (exact) mass is 280 g/mol. The zero-order valence-electron chi connectivity index (χ0n) is 10.8. The molecule has 0 unspecified atom stereocenters. The molecule has 0 saturated carbocycles. The summed E-state index contributed by atoms with van der Waals surface area (Å²) in [4.78, 5) is 0. The Morgan fingerprint density at radius 2 is 1.07 bits per heavy atom. The fourth-order valence-corrected chi connectivity index (χ4v) is 0.642. The first-order valence-corrected chi connectivity index (χ1v) is 10.8. The van der Waals surface area contributed by atoms with E-state index in [-0.39, 0.29) is 8.29 Å². The van der Waals surface area contributed by atoms with E-state index in [0.717, 1.165) is 0 Å². The summed E-state index contributed by atoms with van der Waals surface area (Å²) in [7, 11) is 0. The molecule has 0 aliphatic carbocycles. The molecular formula is C12H18SiZr-2. The molecule has 0 aliphatic rings. The first kappa shape index (κ1) is 13.8. The molecule has 76 valence electrons. The second-order valence-electron chi connectivity index (χ2n) is 2.92. The molecule has 0 spiro atoms. The van der Waals surface area contributed by atoms with E-state index in [0.29, 0.717) is 0 Å². The van der Waals surface area contributed by atoms with E-state index in [9.17, 15) is 0 Å². The van der Waals surface area contributed by atoms with Gasteiger partial charge in [0.25, 0.3) is 0 Å². The number of rotatable bonds is 0. The second kappa shape index (κ2) is 10.9. The maximum Gasteiger partial charge on any atom is -0.172 e. The van der Waals surface area contributed by atoms with Crippen LogP contribution in [0.15, 0.2) is 60.7 Å². The molecule has 2 rings (SSSR count). The van der Waals surface area contributed by atoms with E-state index < -0.39 is 0 Å². The molecule has 2 heteroatoms. The molecule has 0 radical (unpaired) electrons. The fourth-order valence-electron chi connectivity index (χ4n) is 0.642. The molecule has 14 heavy (non-hydrogen) atoms. The van der Waals surface area contributed by atoms with Crippen LogP contribution in [0.2, 0.25) is 13.1 Å². The van der Waals surface area contributed by atoms with Crippen LogP contribution in [0.25, 0.3) is 0 Å². The Morgan fingerprint density at radius 1 is 0.857 bits per heavy atom. The minimum Gasteiger partial charge on any atom is -1.00 e. The van der Waals surface area contributed by atoms with Gasteiger partial charge >= 0.3 is 41.9 Å². The third kappa shape index (κ3) is 14.3. The van der Waals surface area contributed by atoms with Crippen molar-refractivity contribution in [2.75, 3.05) is 0 Å². The summed E-state index contributed by atoms with van der Waals surface area (Å²) < 4.78 is 0. The molecule has 2 aromatic rings. The Hall–Kier alpha value is -0.200. The van der Waals surface area contributed by atoms with Crippen molar-refractivity contribution in [3.8, 4) is 0 Å². The molecule has 0 bridgehead atoms. The van der Waals surface area contributed by atoms with Gasteiger partial charge in [0.1, 0.15) is 0 Å². The van der Waals surface area contributed by atoms with Crippen LogP contribution in [0.3, 0.4) is 0 Å². The van der Waals surface area contributed by atoms with E-state index in [2.05, 4.69) is 13.1 Å². The van der Waals surface area contributed by atoms with E-state index in [1.807, 2.05) is 60.7 Å². The Morgan fingerprint density at radius 3 is 1.14 bits per heavy atom. The summed E-state index contributed by atoms with van der Waals surface area (Å²) in [5, 5.41) is 0. The fraction of sp³-hybridized carbons (Fsp3) is 0.167. The normalized spacial score (nSPS) is 7.71. The van der Waals surface area contributed by atoms with Gasteiger partial charge in [0.05, 0.1) is 0 Å². The van der Waals surface area contributed by atoms with Gasteiger partial charge in [-0.15, -0.1) is 0 Å². The van der Waals surface area contributed by atoms with Crippen LogP contribution in [0, 0.1) is 0 Å². The topological polar surface area (TPSA) is 0 Å². The van der Waals surface area contributed by atoms with Crippen molar-refractivity contribution in [1.82, 2.24) is 0 Å². The van der Waals surface area contributed by atoms with E-state index in [4.69, 9.17) is 0 Å². The average Bonchev–Trinajstić information content (AvgIpc) is 2.83. The summed E-state index contributed by atoms with van der Waals surface area (Å²) in [6.07, 6.45) is 0. The van der Waals surface area contributed by atoms with Crippen molar-refractivity contribution in [3.63, 3.8) is 0 Å². The smallest absolute Gasteiger partial charge is 0.172 e. The zero-order chi connectivity index (χ0) is 10.6. The number of hydrogen-bond acceptors (Lipinski definition) is 0. The molecule has 0 atom stereocenters. The molecule has 0 amide bonds. The van der Waals surface area contributed by atoms with E-state index in [1.165, 1.54) is 0 Å². The van der Waals surface area contributed by atoms with Gasteiger partial charge in [-0.25, -0.2) is 24.3 Å². The van der Waals surface area contributed by atoms with Crippen molar-refractivity contribution in [3.05, 3.63) is 60.7 Å². The molecule has 0 fully saturated rings. The standard InChI is InChI=1S/2C5H5.C2H6Si.Zr.2H/c2*1-2-4-5-3-1;1-3-2;;;/h2*1-5H;1-2H3;;;/q2*-1;;+2;2*-1. The van der Waals surface area contributed by atoms with Gasteiger partial charge in [-0.3, -0.25) is 0 Å². The zero-order valence-corrected chi connectivity index (χ0v) is 12.2. The third-order valence-corrected chi connectivity index (χ3v) is 1.11. The third-order valence-electron chi connectivity index (χ3n) is 1.11. The molecule has 2 aromatic carbocycles. The molecular weight excluding hydrogens is 263 g/mol.